The predicted octanol–water partition coefficient (Wildman–Crippen LogP) is 4.68. The van der Waals surface area contributed by atoms with Crippen molar-refractivity contribution in [3.05, 3.63) is 82.7 Å². The zero-order chi connectivity index (χ0) is 37.8. The minimum absolute atomic E-state index is 0.134. The molecule has 53 heavy (non-hydrogen) atoms. The summed E-state index contributed by atoms with van der Waals surface area (Å²) in [5, 5.41) is 35.4. The number of hydrogen-bond donors (Lipinski definition) is 2. The second-order valence-corrected chi connectivity index (χ2v) is 11.6. The SMILES string of the molecule is COC(=O)c1c(CCCc2nn(C)c(N=Nc3c(C)nn(-c4ccccn4)c3N)c2C(=O)OC)nn(C)c1N=Nc1c(C)nn(-c2ccccn2)c1N. The van der Waals surface area contributed by atoms with Gasteiger partial charge in [-0.2, -0.15) is 29.8 Å². The lowest BCUT2D eigenvalue weighted by atomic mass is 10.1. The lowest BCUT2D eigenvalue weighted by molar-refractivity contribution is 0.0591. The van der Waals surface area contributed by atoms with E-state index in [4.69, 9.17) is 20.9 Å². The summed E-state index contributed by atoms with van der Waals surface area (Å²) in [6.07, 6.45) is 4.26. The maximum Gasteiger partial charge on any atom is 0.343 e. The fraction of sp³-hybridized carbons (Fsp3) is 0.273. The molecule has 6 heterocycles. The third-order valence-corrected chi connectivity index (χ3v) is 8.13. The van der Waals surface area contributed by atoms with Gasteiger partial charge in [0.15, 0.2) is 46.3 Å². The standard InChI is InChI=1S/C33H36N16O4/c1-18-26(28(34)48(42-18)22-14-7-9-16-36-22)38-40-30-24(32(50)52-5)20(44-46(30)3)12-11-13-21-25(33(51)53-6)31(47(4)45-21)41-39-27-19(2)43-49(29(27)35)23-15-8-10-17-37-23/h7-10,14-17H,11-13,34-35H2,1-6H3. The number of esters is 2. The maximum atomic E-state index is 13.0. The van der Waals surface area contributed by atoms with Crippen LogP contribution in [0.3, 0.4) is 0 Å². The smallest absolute Gasteiger partial charge is 0.343 e. The maximum absolute atomic E-state index is 13.0. The molecule has 0 saturated carbocycles. The summed E-state index contributed by atoms with van der Waals surface area (Å²) in [6, 6.07) is 10.7. The summed E-state index contributed by atoms with van der Waals surface area (Å²) in [5.41, 5.74) is 15.4. The molecule has 6 aromatic rings. The number of rotatable bonds is 12. The third kappa shape index (κ3) is 6.96. The van der Waals surface area contributed by atoms with Gasteiger partial charge >= 0.3 is 11.9 Å². The monoisotopic (exact) mass is 720 g/mol. The minimum atomic E-state index is -0.646. The van der Waals surface area contributed by atoms with E-state index in [1.807, 2.05) is 12.1 Å². The number of azo groups is 2. The Bertz CT molecular complexity index is 2190. The zero-order valence-electron chi connectivity index (χ0n) is 29.8. The van der Waals surface area contributed by atoms with E-state index in [1.54, 1.807) is 64.6 Å². The Kier molecular flexibility index (Phi) is 10.1. The Balaban J connectivity index is 1.25. The average molecular weight is 721 g/mol. The van der Waals surface area contributed by atoms with Gasteiger partial charge in [0.2, 0.25) is 0 Å². The number of carbonyl (C=O) groups excluding carboxylic acids is 2. The highest BCUT2D eigenvalue weighted by molar-refractivity contribution is 5.96. The van der Waals surface area contributed by atoms with Crippen LogP contribution in [0.4, 0.5) is 34.6 Å². The van der Waals surface area contributed by atoms with E-state index in [-0.39, 0.29) is 34.4 Å². The van der Waals surface area contributed by atoms with Crippen LogP contribution in [0, 0.1) is 13.8 Å². The summed E-state index contributed by atoms with van der Waals surface area (Å²) in [7, 11) is 5.81. The van der Waals surface area contributed by atoms with Gasteiger partial charge in [0, 0.05) is 26.5 Å². The number of anilines is 2. The Morgan fingerprint density at radius 2 is 1.08 bits per heavy atom. The van der Waals surface area contributed by atoms with Crippen molar-refractivity contribution in [2.75, 3.05) is 25.7 Å². The number of carbonyl (C=O) groups is 2. The lowest BCUT2D eigenvalue weighted by Gasteiger charge is -2.03. The molecule has 0 fully saturated rings. The molecule has 272 valence electrons. The molecule has 20 heteroatoms. The van der Waals surface area contributed by atoms with Gasteiger partial charge < -0.3 is 20.9 Å². The van der Waals surface area contributed by atoms with Crippen LogP contribution in [0.25, 0.3) is 11.6 Å². The van der Waals surface area contributed by atoms with Gasteiger partial charge in [0.1, 0.15) is 11.1 Å². The molecular formula is C33H36N16O4. The number of methoxy groups -OCH3 is 2. The van der Waals surface area contributed by atoms with Gasteiger partial charge in [-0.05, 0) is 57.4 Å². The fourth-order valence-electron chi connectivity index (χ4n) is 5.59. The van der Waals surface area contributed by atoms with Crippen molar-refractivity contribution in [3.63, 3.8) is 0 Å². The normalized spacial score (nSPS) is 11.6. The highest BCUT2D eigenvalue weighted by Gasteiger charge is 2.27. The molecule has 0 spiro atoms. The number of ether oxygens (including phenoxy) is 2. The molecule has 0 amide bonds. The summed E-state index contributed by atoms with van der Waals surface area (Å²) < 4.78 is 16.0. The molecule has 4 N–H and O–H groups in total. The first kappa shape index (κ1) is 35.7. The summed E-state index contributed by atoms with van der Waals surface area (Å²) >= 11 is 0. The van der Waals surface area contributed by atoms with Crippen molar-refractivity contribution < 1.29 is 19.1 Å². The van der Waals surface area contributed by atoms with Gasteiger partial charge in [0.25, 0.3) is 0 Å². The highest BCUT2D eigenvalue weighted by Crippen LogP contribution is 2.34. The fourth-order valence-corrected chi connectivity index (χ4v) is 5.59. The Morgan fingerprint density at radius 1 is 0.660 bits per heavy atom. The minimum Gasteiger partial charge on any atom is -0.465 e. The van der Waals surface area contributed by atoms with Crippen LogP contribution < -0.4 is 11.5 Å². The first-order valence-corrected chi connectivity index (χ1v) is 16.2. The molecule has 0 aliphatic heterocycles. The number of pyridine rings is 2. The number of hydrogen-bond acceptors (Lipinski definition) is 16. The van der Waals surface area contributed by atoms with E-state index >= 15 is 0 Å². The second-order valence-electron chi connectivity index (χ2n) is 11.6. The van der Waals surface area contributed by atoms with Gasteiger partial charge in [-0.3, -0.25) is 0 Å². The third-order valence-electron chi connectivity index (χ3n) is 8.13. The van der Waals surface area contributed by atoms with Crippen molar-refractivity contribution in [3.8, 4) is 11.6 Å². The number of aromatic nitrogens is 10. The van der Waals surface area contributed by atoms with Crippen LogP contribution >= 0.6 is 0 Å². The summed E-state index contributed by atoms with van der Waals surface area (Å²) in [5.74, 6) is 0.502. The van der Waals surface area contributed by atoms with Gasteiger partial charge in [-0.25, -0.2) is 28.9 Å². The molecule has 0 atom stereocenters. The second kappa shape index (κ2) is 15.0. The summed E-state index contributed by atoms with van der Waals surface area (Å²) in [6.45, 7) is 3.47. The topological polar surface area (TPSA) is 251 Å². The van der Waals surface area contributed by atoms with Crippen LogP contribution in [0.5, 0.6) is 0 Å². The molecule has 6 rings (SSSR count). The van der Waals surface area contributed by atoms with Gasteiger partial charge in [-0.1, -0.05) is 12.1 Å². The van der Waals surface area contributed by atoms with E-state index in [9.17, 15) is 9.59 Å². The van der Waals surface area contributed by atoms with E-state index in [1.165, 1.54) is 32.9 Å². The molecule has 0 radical (unpaired) electrons. The van der Waals surface area contributed by atoms with Crippen LogP contribution in [0.15, 0.2) is 69.2 Å². The molecule has 6 aromatic heterocycles. The average Bonchev–Trinajstić information content (AvgIpc) is 3.85. The Morgan fingerprint density at radius 3 is 1.43 bits per heavy atom. The van der Waals surface area contributed by atoms with Crippen LogP contribution in [-0.4, -0.2) is 75.2 Å². The van der Waals surface area contributed by atoms with Crippen molar-refractivity contribution in [2.24, 2.45) is 34.6 Å². The Hall–Kier alpha value is -7.12. The lowest BCUT2D eigenvalue weighted by Crippen LogP contribution is -2.06. The zero-order valence-corrected chi connectivity index (χ0v) is 29.8. The van der Waals surface area contributed by atoms with Crippen LogP contribution in [0.1, 0.15) is 49.9 Å². The quantitative estimate of drug-likeness (QED) is 0.129. The first-order chi connectivity index (χ1) is 25.5. The van der Waals surface area contributed by atoms with Crippen LogP contribution in [0.2, 0.25) is 0 Å². The largest absolute Gasteiger partial charge is 0.465 e. The van der Waals surface area contributed by atoms with E-state index in [0.717, 1.165) is 0 Å². The van der Waals surface area contributed by atoms with Crippen molar-refractivity contribution in [1.82, 2.24) is 49.1 Å². The molecule has 0 bridgehead atoms. The highest BCUT2D eigenvalue weighted by atomic mass is 16.5. The number of nitrogens with zero attached hydrogens (tertiary/aromatic N) is 14. The van der Waals surface area contributed by atoms with Gasteiger partial charge in [0.05, 0.1) is 37.0 Å². The predicted molar refractivity (Wildman–Crippen MR) is 190 cm³/mol. The number of nitrogens with two attached hydrogens (primary N) is 2. The molecule has 20 nitrogen and oxygen atoms in total. The molecule has 0 aliphatic rings. The molecule has 0 saturated heterocycles. The van der Waals surface area contributed by atoms with Gasteiger partial charge in [-0.15, -0.1) is 20.5 Å². The van der Waals surface area contributed by atoms with Crippen LogP contribution in [-0.2, 0) is 36.4 Å². The molecule has 0 unspecified atom stereocenters. The Labute approximate surface area is 302 Å². The number of nitrogen functional groups attached to an aromatic ring is 2. The van der Waals surface area contributed by atoms with E-state index in [0.29, 0.717) is 65.0 Å². The van der Waals surface area contributed by atoms with Crippen molar-refractivity contribution in [1.29, 1.82) is 0 Å². The molecule has 0 aliphatic carbocycles. The molecular weight excluding hydrogens is 684 g/mol. The van der Waals surface area contributed by atoms with E-state index in [2.05, 4.69) is 50.8 Å². The summed E-state index contributed by atoms with van der Waals surface area (Å²) in [4.78, 5) is 34.7. The molecule has 0 aromatic carbocycles. The van der Waals surface area contributed by atoms with Crippen molar-refractivity contribution >= 4 is 46.6 Å². The van der Waals surface area contributed by atoms with E-state index < -0.39 is 11.9 Å². The number of aryl methyl sites for hydroxylation is 6. The first-order valence-electron chi connectivity index (χ1n) is 16.2. The van der Waals surface area contributed by atoms with Crippen molar-refractivity contribution in [2.45, 2.75) is 33.1 Å².